The Morgan fingerprint density at radius 3 is 3.00 bits per heavy atom. The summed E-state index contributed by atoms with van der Waals surface area (Å²) in [5, 5.41) is 5.94. The van der Waals surface area contributed by atoms with Crippen LogP contribution < -0.4 is 0 Å². The number of nitrogens with zero attached hydrogens (tertiary/aromatic N) is 3. The molecule has 0 aliphatic carbocycles. The van der Waals surface area contributed by atoms with Gasteiger partial charge in [-0.15, -0.1) is 11.3 Å². The van der Waals surface area contributed by atoms with Gasteiger partial charge in [-0.05, 0) is 30.2 Å². The highest BCUT2D eigenvalue weighted by Gasteiger charge is 2.20. The molecule has 1 fully saturated rings. The summed E-state index contributed by atoms with van der Waals surface area (Å²) in [6.45, 7) is 4.00. The molecular formula is C15H19N3O2S. The molecule has 0 atom stereocenters. The van der Waals surface area contributed by atoms with Crippen LogP contribution >= 0.6 is 11.3 Å². The number of amides is 1. The summed E-state index contributed by atoms with van der Waals surface area (Å²) in [7, 11) is 0. The first-order chi connectivity index (χ1) is 10.2. The summed E-state index contributed by atoms with van der Waals surface area (Å²) in [5.74, 6) is 2.08. The van der Waals surface area contributed by atoms with Gasteiger partial charge in [0, 0.05) is 25.9 Å². The highest BCUT2D eigenvalue weighted by Crippen LogP contribution is 2.22. The van der Waals surface area contributed by atoms with E-state index in [0.29, 0.717) is 24.6 Å². The molecule has 0 bridgehead atoms. The van der Waals surface area contributed by atoms with Crippen LogP contribution in [0.4, 0.5) is 0 Å². The molecule has 1 aliphatic rings. The number of carbonyl (C=O) groups excluding carboxylic acids is 1. The standard InChI is InChI=1S/C15H19N3O2S/c1-11-6-8-18(9-7-11)14(19)5-4-13-16-15(17-20-13)12-3-2-10-21-12/h2-3,10-11H,4-9H2,1H3. The van der Waals surface area contributed by atoms with Gasteiger partial charge in [0.15, 0.2) is 0 Å². The van der Waals surface area contributed by atoms with Gasteiger partial charge in [0.1, 0.15) is 0 Å². The van der Waals surface area contributed by atoms with E-state index in [1.54, 1.807) is 11.3 Å². The third-order valence-corrected chi connectivity index (χ3v) is 4.76. The van der Waals surface area contributed by atoms with E-state index < -0.39 is 0 Å². The molecule has 0 radical (unpaired) electrons. The number of aromatic nitrogens is 2. The highest BCUT2D eigenvalue weighted by molar-refractivity contribution is 7.13. The summed E-state index contributed by atoms with van der Waals surface area (Å²) in [4.78, 5) is 19.4. The number of carbonyl (C=O) groups is 1. The van der Waals surface area contributed by atoms with Crippen molar-refractivity contribution in [2.45, 2.75) is 32.6 Å². The molecule has 0 saturated carbocycles. The first kappa shape index (κ1) is 14.3. The second-order valence-corrected chi connectivity index (χ2v) is 6.50. The Labute approximate surface area is 128 Å². The zero-order valence-electron chi connectivity index (χ0n) is 12.1. The number of hydrogen-bond donors (Lipinski definition) is 0. The van der Waals surface area contributed by atoms with Gasteiger partial charge in [-0.1, -0.05) is 18.1 Å². The molecule has 1 amide bonds. The van der Waals surface area contributed by atoms with Crippen molar-refractivity contribution in [3.63, 3.8) is 0 Å². The second-order valence-electron chi connectivity index (χ2n) is 5.55. The number of likely N-dealkylation sites (tertiary alicyclic amines) is 1. The summed E-state index contributed by atoms with van der Waals surface area (Å²) >= 11 is 1.58. The van der Waals surface area contributed by atoms with Crippen molar-refractivity contribution in [2.24, 2.45) is 5.92 Å². The van der Waals surface area contributed by atoms with Crippen molar-refractivity contribution in [3.05, 3.63) is 23.4 Å². The van der Waals surface area contributed by atoms with Crippen LogP contribution in [0, 0.1) is 5.92 Å². The maximum Gasteiger partial charge on any atom is 0.227 e. The van der Waals surface area contributed by atoms with Gasteiger partial charge in [-0.3, -0.25) is 4.79 Å². The average Bonchev–Trinajstić information content (AvgIpc) is 3.16. The molecular weight excluding hydrogens is 286 g/mol. The summed E-state index contributed by atoms with van der Waals surface area (Å²) in [6, 6.07) is 3.91. The Morgan fingerprint density at radius 2 is 2.29 bits per heavy atom. The van der Waals surface area contributed by atoms with E-state index in [4.69, 9.17) is 4.52 Å². The fraction of sp³-hybridized carbons (Fsp3) is 0.533. The lowest BCUT2D eigenvalue weighted by Gasteiger charge is -2.30. The van der Waals surface area contributed by atoms with Gasteiger partial charge >= 0.3 is 0 Å². The van der Waals surface area contributed by atoms with Crippen molar-refractivity contribution in [2.75, 3.05) is 13.1 Å². The number of rotatable bonds is 4. The van der Waals surface area contributed by atoms with E-state index in [-0.39, 0.29) is 5.91 Å². The fourth-order valence-corrected chi connectivity index (χ4v) is 3.14. The molecule has 6 heteroatoms. The molecule has 0 unspecified atom stereocenters. The first-order valence-electron chi connectivity index (χ1n) is 7.36. The predicted octanol–water partition coefficient (Wildman–Crippen LogP) is 2.99. The number of piperidine rings is 1. The van der Waals surface area contributed by atoms with Crippen molar-refractivity contribution in [1.29, 1.82) is 0 Å². The largest absolute Gasteiger partial charge is 0.343 e. The van der Waals surface area contributed by atoms with Gasteiger partial charge in [0.2, 0.25) is 17.6 Å². The van der Waals surface area contributed by atoms with Crippen molar-refractivity contribution in [3.8, 4) is 10.7 Å². The van der Waals surface area contributed by atoms with Crippen LogP contribution in [0.25, 0.3) is 10.7 Å². The number of thiophene rings is 1. The Morgan fingerprint density at radius 1 is 1.48 bits per heavy atom. The average molecular weight is 305 g/mol. The number of hydrogen-bond acceptors (Lipinski definition) is 5. The maximum absolute atomic E-state index is 12.2. The van der Waals surface area contributed by atoms with Gasteiger partial charge in [0.25, 0.3) is 0 Å². The van der Waals surface area contributed by atoms with Crippen LogP contribution in [0.3, 0.4) is 0 Å². The predicted molar refractivity (Wildman–Crippen MR) is 80.9 cm³/mol. The van der Waals surface area contributed by atoms with Crippen LogP contribution in [0.1, 0.15) is 32.1 Å². The smallest absolute Gasteiger partial charge is 0.227 e. The summed E-state index contributed by atoms with van der Waals surface area (Å²) in [6.07, 6.45) is 3.17. The zero-order valence-corrected chi connectivity index (χ0v) is 12.9. The van der Waals surface area contributed by atoms with Crippen LogP contribution in [0.5, 0.6) is 0 Å². The van der Waals surface area contributed by atoms with Crippen LogP contribution in [-0.4, -0.2) is 34.0 Å². The minimum absolute atomic E-state index is 0.192. The molecule has 3 rings (SSSR count). The summed E-state index contributed by atoms with van der Waals surface area (Å²) < 4.78 is 5.22. The molecule has 1 aliphatic heterocycles. The highest BCUT2D eigenvalue weighted by atomic mass is 32.1. The molecule has 21 heavy (non-hydrogen) atoms. The van der Waals surface area contributed by atoms with E-state index in [1.807, 2.05) is 22.4 Å². The second kappa shape index (κ2) is 6.39. The minimum Gasteiger partial charge on any atom is -0.343 e. The Hall–Kier alpha value is -1.69. The Balaban J connectivity index is 1.52. The number of aryl methyl sites for hydroxylation is 1. The quantitative estimate of drug-likeness (QED) is 0.871. The third-order valence-electron chi connectivity index (χ3n) is 3.90. The van der Waals surface area contributed by atoms with Gasteiger partial charge in [-0.25, -0.2) is 0 Å². The van der Waals surface area contributed by atoms with Crippen LogP contribution in [-0.2, 0) is 11.2 Å². The van der Waals surface area contributed by atoms with E-state index >= 15 is 0 Å². The Bertz CT molecular complexity index is 586. The molecule has 2 aromatic rings. The maximum atomic E-state index is 12.2. The van der Waals surface area contributed by atoms with Crippen LogP contribution in [0.15, 0.2) is 22.0 Å². The van der Waals surface area contributed by atoms with E-state index in [9.17, 15) is 4.79 Å². The van der Waals surface area contributed by atoms with E-state index in [0.717, 1.165) is 36.7 Å². The van der Waals surface area contributed by atoms with Gasteiger partial charge in [-0.2, -0.15) is 4.98 Å². The molecule has 5 nitrogen and oxygen atoms in total. The molecule has 112 valence electrons. The van der Waals surface area contributed by atoms with Crippen molar-refractivity contribution in [1.82, 2.24) is 15.0 Å². The topological polar surface area (TPSA) is 59.2 Å². The molecule has 0 aromatic carbocycles. The lowest BCUT2D eigenvalue weighted by atomic mass is 9.99. The zero-order chi connectivity index (χ0) is 14.7. The first-order valence-corrected chi connectivity index (χ1v) is 8.24. The van der Waals surface area contributed by atoms with E-state index in [2.05, 4.69) is 17.1 Å². The van der Waals surface area contributed by atoms with Gasteiger partial charge in [0.05, 0.1) is 4.88 Å². The Kier molecular flexibility index (Phi) is 4.34. The normalized spacial score (nSPS) is 16.3. The van der Waals surface area contributed by atoms with E-state index in [1.165, 1.54) is 0 Å². The lowest BCUT2D eigenvalue weighted by Crippen LogP contribution is -2.38. The molecule has 2 aromatic heterocycles. The van der Waals surface area contributed by atoms with Crippen molar-refractivity contribution >= 4 is 17.2 Å². The van der Waals surface area contributed by atoms with Crippen LogP contribution in [0.2, 0.25) is 0 Å². The summed E-state index contributed by atoms with van der Waals surface area (Å²) in [5.41, 5.74) is 0. The van der Waals surface area contributed by atoms with Crippen molar-refractivity contribution < 1.29 is 9.32 Å². The molecule has 3 heterocycles. The SMILES string of the molecule is CC1CCN(C(=O)CCc2nc(-c3cccs3)no2)CC1. The fourth-order valence-electron chi connectivity index (χ4n) is 2.49. The lowest BCUT2D eigenvalue weighted by molar-refractivity contribution is -0.132. The molecule has 1 saturated heterocycles. The minimum atomic E-state index is 0.192. The molecule has 0 N–H and O–H groups in total. The van der Waals surface area contributed by atoms with Gasteiger partial charge < -0.3 is 9.42 Å². The molecule has 0 spiro atoms. The third kappa shape index (κ3) is 3.50. The monoisotopic (exact) mass is 305 g/mol.